The van der Waals surface area contributed by atoms with Gasteiger partial charge in [0, 0.05) is 25.5 Å². The van der Waals surface area contributed by atoms with Gasteiger partial charge in [-0.2, -0.15) is 5.10 Å². The third-order valence-corrected chi connectivity index (χ3v) is 2.13. The molecule has 0 aliphatic rings. The molecule has 0 saturated carbocycles. The number of aryl methyl sites for hydroxylation is 1. The van der Waals surface area contributed by atoms with Crippen LogP contribution in [0.15, 0.2) is 24.8 Å². The Morgan fingerprint density at radius 3 is 2.59 bits per heavy atom. The SMILES string of the molecule is CC(N)Cc1cnc(Oc2cnn(C)c2)nc1. The first-order valence-electron chi connectivity index (χ1n) is 5.36. The predicted octanol–water partition coefficient (Wildman–Crippen LogP) is 0.892. The molecule has 2 aromatic rings. The Hall–Kier alpha value is -1.95. The van der Waals surface area contributed by atoms with Gasteiger partial charge in [-0.25, -0.2) is 9.97 Å². The highest BCUT2D eigenvalue weighted by Gasteiger charge is 2.03. The molecule has 90 valence electrons. The zero-order valence-electron chi connectivity index (χ0n) is 9.87. The predicted molar refractivity (Wildman–Crippen MR) is 62.7 cm³/mol. The van der Waals surface area contributed by atoms with Gasteiger partial charge in [-0.15, -0.1) is 0 Å². The maximum absolute atomic E-state index is 5.69. The highest BCUT2D eigenvalue weighted by Crippen LogP contribution is 2.15. The van der Waals surface area contributed by atoms with Crippen molar-refractivity contribution in [3.05, 3.63) is 30.4 Å². The number of hydrogen-bond donors (Lipinski definition) is 1. The van der Waals surface area contributed by atoms with Gasteiger partial charge in [0.25, 0.3) is 0 Å². The number of ether oxygens (including phenoxy) is 1. The fourth-order valence-corrected chi connectivity index (χ4v) is 1.43. The summed E-state index contributed by atoms with van der Waals surface area (Å²) in [4.78, 5) is 8.22. The Labute approximate surface area is 99.4 Å². The van der Waals surface area contributed by atoms with Crippen LogP contribution in [0.1, 0.15) is 12.5 Å². The van der Waals surface area contributed by atoms with E-state index in [2.05, 4.69) is 15.1 Å². The van der Waals surface area contributed by atoms with E-state index < -0.39 is 0 Å². The third-order valence-electron chi connectivity index (χ3n) is 2.13. The van der Waals surface area contributed by atoms with E-state index in [-0.39, 0.29) is 6.04 Å². The Balaban J connectivity index is 2.03. The molecule has 0 radical (unpaired) electrons. The van der Waals surface area contributed by atoms with Crippen LogP contribution in [0.5, 0.6) is 11.8 Å². The minimum absolute atomic E-state index is 0.101. The van der Waals surface area contributed by atoms with Crippen molar-refractivity contribution in [2.24, 2.45) is 12.8 Å². The van der Waals surface area contributed by atoms with Crippen LogP contribution in [-0.2, 0) is 13.5 Å². The minimum atomic E-state index is 0.101. The smallest absolute Gasteiger partial charge is 0.321 e. The molecule has 0 amide bonds. The zero-order valence-corrected chi connectivity index (χ0v) is 9.87. The molecule has 0 saturated heterocycles. The first-order chi connectivity index (χ1) is 8.13. The molecule has 2 rings (SSSR count). The zero-order chi connectivity index (χ0) is 12.3. The maximum Gasteiger partial charge on any atom is 0.321 e. The van der Waals surface area contributed by atoms with E-state index in [0.717, 1.165) is 12.0 Å². The van der Waals surface area contributed by atoms with Gasteiger partial charge >= 0.3 is 6.01 Å². The van der Waals surface area contributed by atoms with E-state index in [1.807, 2.05) is 14.0 Å². The van der Waals surface area contributed by atoms with Crippen LogP contribution in [0.25, 0.3) is 0 Å². The fraction of sp³-hybridized carbons (Fsp3) is 0.364. The summed E-state index contributed by atoms with van der Waals surface area (Å²) in [6, 6.07) is 0.412. The number of nitrogens with zero attached hydrogens (tertiary/aromatic N) is 4. The summed E-state index contributed by atoms with van der Waals surface area (Å²) in [5.74, 6) is 0.618. The molecule has 17 heavy (non-hydrogen) atoms. The maximum atomic E-state index is 5.69. The van der Waals surface area contributed by atoms with Crippen LogP contribution >= 0.6 is 0 Å². The Kier molecular flexibility index (Phi) is 3.34. The Bertz CT molecular complexity index is 477. The second kappa shape index (κ2) is 4.92. The van der Waals surface area contributed by atoms with E-state index in [1.165, 1.54) is 0 Å². The third kappa shape index (κ3) is 3.25. The average Bonchev–Trinajstić information content (AvgIpc) is 2.66. The number of rotatable bonds is 4. The van der Waals surface area contributed by atoms with Crippen molar-refractivity contribution in [1.29, 1.82) is 0 Å². The minimum Gasteiger partial charge on any atom is -0.421 e. The van der Waals surface area contributed by atoms with E-state index >= 15 is 0 Å². The van der Waals surface area contributed by atoms with Crippen molar-refractivity contribution in [2.75, 3.05) is 0 Å². The summed E-state index contributed by atoms with van der Waals surface area (Å²) in [5, 5.41) is 3.99. The van der Waals surface area contributed by atoms with Crippen LogP contribution in [0.2, 0.25) is 0 Å². The highest BCUT2D eigenvalue weighted by molar-refractivity contribution is 5.18. The summed E-state index contributed by atoms with van der Waals surface area (Å²) in [5.41, 5.74) is 6.69. The van der Waals surface area contributed by atoms with Gasteiger partial charge < -0.3 is 10.5 Å². The van der Waals surface area contributed by atoms with E-state index in [0.29, 0.717) is 11.8 Å². The summed E-state index contributed by atoms with van der Waals surface area (Å²) in [6.45, 7) is 1.94. The lowest BCUT2D eigenvalue weighted by atomic mass is 10.1. The number of hydrogen-bond acceptors (Lipinski definition) is 5. The number of nitrogens with two attached hydrogens (primary N) is 1. The average molecular weight is 233 g/mol. The Morgan fingerprint density at radius 2 is 2.06 bits per heavy atom. The summed E-state index contributed by atoms with van der Waals surface area (Å²) >= 11 is 0. The molecule has 2 N–H and O–H groups in total. The summed E-state index contributed by atoms with van der Waals surface area (Å²) < 4.78 is 7.07. The van der Waals surface area contributed by atoms with E-state index in [1.54, 1.807) is 29.5 Å². The van der Waals surface area contributed by atoms with E-state index in [4.69, 9.17) is 10.5 Å². The van der Waals surface area contributed by atoms with Gasteiger partial charge in [-0.1, -0.05) is 0 Å². The molecule has 1 atom stereocenters. The van der Waals surface area contributed by atoms with Crippen LogP contribution < -0.4 is 10.5 Å². The standard InChI is InChI=1S/C11H15N5O/c1-8(12)3-9-4-13-11(14-5-9)17-10-6-15-16(2)7-10/h4-8H,3,12H2,1-2H3. The molecule has 2 aromatic heterocycles. The molecule has 0 spiro atoms. The molecule has 0 aliphatic carbocycles. The van der Waals surface area contributed by atoms with Crippen molar-refractivity contribution in [3.8, 4) is 11.8 Å². The van der Waals surface area contributed by atoms with Crippen LogP contribution in [0.3, 0.4) is 0 Å². The normalized spacial score (nSPS) is 12.4. The van der Waals surface area contributed by atoms with Gasteiger partial charge in [0.05, 0.1) is 12.4 Å². The van der Waals surface area contributed by atoms with Crippen LogP contribution in [0.4, 0.5) is 0 Å². The second-order valence-electron chi connectivity index (χ2n) is 4.01. The monoisotopic (exact) mass is 233 g/mol. The second-order valence-corrected chi connectivity index (χ2v) is 4.01. The lowest BCUT2D eigenvalue weighted by molar-refractivity contribution is 0.440. The van der Waals surface area contributed by atoms with Gasteiger partial charge in [0.15, 0.2) is 5.75 Å². The molecule has 0 aliphatic heterocycles. The summed E-state index contributed by atoms with van der Waals surface area (Å²) in [6.07, 6.45) is 7.57. The topological polar surface area (TPSA) is 78.9 Å². The molecule has 6 heteroatoms. The van der Waals surface area contributed by atoms with Gasteiger partial charge in [-0.3, -0.25) is 4.68 Å². The van der Waals surface area contributed by atoms with Crippen molar-refractivity contribution in [2.45, 2.75) is 19.4 Å². The van der Waals surface area contributed by atoms with Crippen LogP contribution in [-0.4, -0.2) is 25.8 Å². The van der Waals surface area contributed by atoms with Gasteiger partial charge in [0.1, 0.15) is 0 Å². The van der Waals surface area contributed by atoms with Gasteiger partial charge in [-0.05, 0) is 18.9 Å². The molecule has 6 nitrogen and oxygen atoms in total. The lowest BCUT2D eigenvalue weighted by Gasteiger charge is -2.05. The van der Waals surface area contributed by atoms with Gasteiger partial charge in [0.2, 0.25) is 0 Å². The first-order valence-corrected chi connectivity index (χ1v) is 5.36. The van der Waals surface area contributed by atoms with Crippen molar-refractivity contribution in [1.82, 2.24) is 19.7 Å². The molecular formula is C11H15N5O. The molecule has 1 unspecified atom stereocenters. The van der Waals surface area contributed by atoms with Crippen molar-refractivity contribution >= 4 is 0 Å². The molecule has 0 aromatic carbocycles. The van der Waals surface area contributed by atoms with E-state index in [9.17, 15) is 0 Å². The highest BCUT2D eigenvalue weighted by atomic mass is 16.5. The molecule has 0 fully saturated rings. The number of aromatic nitrogens is 4. The summed E-state index contributed by atoms with van der Waals surface area (Å²) in [7, 11) is 1.82. The van der Waals surface area contributed by atoms with Crippen molar-refractivity contribution in [3.63, 3.8) is 0 Å². The molecular weight excluding hydrogens is 218 g/mol. The molecule has 2 heterocycles. The lowest BCUT2D eigenvalue weighted by Crippen LogP contribution is -2.17. The Morgan fingerprint density at radius 1 is 1.35 bits per heavy atom. The van der Waals surface area contributed by atoms with Crippen molar-refractivity contribution < 1.29 is 4.74 Å². The first kappa shape index (κ1) is 11.5. The quantitative estimate of drug-likeness (QED) is 0.848. The molecule has 0 bridgehead atoms. The largest absolute Gasteiger partial charge is 0.421 e. The van der Waals surface area contributed by atoms with Crippen LogP contribution in [0, 0.1) is 0 Å². The fourth-order valence-electron chi connectivity index (χ4n) is 1.43.